The second-order valence-electron chi connectivity index (χ2n) is 4.64. The SMILES string of the molecule is CCCCCCCCNC(=O)/C=C\SCC(N)C(=O)O. The molecule has 0 bridgehead atoms. The van der Waals surface area contributed by atoms with Gasteiger partial charge in [0.2, 0.25) is 5.91 Å². The summed E-state index contributed by atoms with van der Waals surface area (Å²) in [5.74, 6) is -0.912. The molecule has 1 unspecified atom stereocenters. The molecule has 0 aliphatic carbocycles. The van der Waals surface area contributed by atoms with Gasteiger partial charge in [-0.05, 0) is 11.8 Å². The van der Waals surface area contributed by atoms with Crippen molar-refractivity contribution in [3.8, 4) is 0 Å². The minimum atomic E-state index is -1.03. The van der Waals surface area contributed by atoms with E-state index in [-0.39, 0.29) is 11.7 Å². The quantitative estimate of drug-likeness (QED) is 0.379. The first-order valence-electron chi connectivity index (χ1n) is 7.12. The van der Waals surface area contributed by atoms with Crippen LogP contribution in [0.25, 0.3) is 0 Å². The lowest BCUT2D eigenvalue weighted by atomic mass is 10.1. The predicted octanol–water partition coefficient (Wildman–Crippen LogP) is 2.12. The number of thioether (sulfide) groups is 1. The third-order valence-corrected chi connectivity index (χ3v) is 3.62. The van der Waals surface area contributed by atoms with E-state index in [0.29, 0.717) is 6.54 Å². The highest BCUT2D eigenvalue weighted by molar-refractivity contribution is 8.02. The molecule has 1 amide bonds. The summed E-state index contributed by atoms with van der Waals surface area (Å²) in [4.78, 5) is 21.9. The molecule has 0 aliphatic rings. The van der Waals surface area contributed by atoms with Gasteiger partial charge in [-0.25, -0.2) is 0 Å². The van der Waals surface area contributed by atoms with Crippen LogP contribution in [-0.4, -0.2) is 35.3 Å². The van der Waals surface area contributed by atoms with Crippen molar-refractivity contribution >= 4 is 23.6 Å². The van der Waals surface area contributed by atoms with Gasteiger partial charge in [-0.1, -0.05) is 39.0 Å². The molecule has 0 heterocycles. The van der Waals surface area contributed by atoms with Crippen molar-refractivity contribution in [1.82, 2.24) is 5.32 Å². The first-order chi connectivity index (χ1) is 9.57. The van der Waals surface area contributed by atoms with Crippen molar-refractivity contribution in [2.45, 2.75) is 51.5 Å². The molecule has 5 nitrogen and oxygen atoms in total. The van der Waals surface area contributed by atoms with E-state index in [1.54, 1.807) is 5.41 Å². The lowest BCUT2D eigenvalue weighted by Crippen LogP contribution is -2.32. The minimum absolute atomic E-state index is 0.144. The number of hydrogen-bond donors (Lipinski definition) is 3. The van der Waals surface area contributed by atoms with Crippen LogP contribution in [0.5, 0.6) is 0 Å². The summed E-state index contributed by atoms with van der Waals surface area (Å²) in [5.41, 5.74) is 5.33. The van der Waals surface area contributed by atoms with E-state index in [2.05, 4.69) is 12.2 Å². The summed E-state index contributed by atoms with van der Waals surface area (Å²) in [6.07, 6.45) is 8.58. The highest BCUT2D eigenvalue weighted by atomic mass is 32.2. The van der Waals surface area contributed by atoms with Gasteiger partial charge in [-0.2, -0.15) is 0 Å². The van der Waals surface area contributed by atoms with Crippen LogP contribution in [0.2, 0.25) is 0 Å². The van der Waals surface area contributed by atoms with E-state index in [9.17, 15) is 9.59 Å². The normalized spacial score (nSPS) is 12.5. The van der Waals surface area contributed by atoms with Gasteiger partial charge in [0.25, 0.3) is 0 Å². The smallest absolute Gasteiger partial charge is 0.321 e. The molecule has 0 saturated carbocycles. The van der Waals surface area contributed by atoms with Crippen molar-refractivity contribution in [3.05, 3.63) is 11.5 Å². The number of carboxylic acid groups (broad SMARTS) is 1. The van der Waals surface area contributed by atoms with Crippen LogP contribution in [0.4, 0.5) is 0 Å². The molecule has 0 aromatic rings. The second-order valence-corrected chi connectivity index (χ2v) is 5.58. The number of unbranched alkanes of at least 4 members (excludes halogenated alkanes) is 5. The number of carboxylic acids is 1. The summed E-state index contributed by atoms with van der Waals surface area (Å²) in [6.45, 7) is 2.88. The molecule has 0 spiro atoms. The van der Waals surface area contributed by atoms with Gasteiger partial charge in [0.15, 0.2) is 0 Å². The Morgan fingerprint density at radius 2 is 1.90 bits per heavy atom. The fraction of sp³-hybridized carbons (Fsp3) is 0.714. The Morgan fingerprint density at radius 3 is 2.55 bits per heavy atom. The molecule has 20 heavy (non-hydrogen) atoms. The summed E-state index contributed by atoms with van der Waals surface area (Å²) in [7, 11) is 0. The van der Waals surface area contributed by atoms with Crippen molar-refractivity contribution < 1.29 is 14.7 Å². The van der Waals surface area contributed by atoms with Crippen LogP contribution in [0.15, 0.2) is 11.5 Å². The molecule has 0 radical (unpaired) electrons. The number of rotatable bonds is 12. The van der Waals surface area contributed by atoms with Crippen molar-refractivity contribution in [2.24, 2.45) is 5.73 Å². The summed E-state index contributed by atoms with van der Waals surface area (Å²) in [6, 6.07) is -0.893. The van der Waals surface area contributed by atoms with Crippen molar-refractivity contribution in [1.29, 1.82) is 0 Å². The topological polar surface area (TPSA) is 92.4 Å². The second kappa shape index (κ2) is 13.0. The Bertz CT molecular complexity index is 309. The third kappa shape index (κ3) is 12.0. The average molecular weight is 302 g/mol. The molecular formula is C14H26N2O3S. The van der Waals surface area contributed by atoms with E-state index < -0.39 is 12.0 Å². The van der Waals surface area contributed by atoms with Gasteiger partial charge < -0.3 is 16.2 Å². The number of amides is 1. The minimum Gasteiger partial charge on any atom is -0.480 e. The number of hydrogen-bond acceptors (Lipinski definition) is 4. The maximum absolute atomic E-state index is 11.4. The zero-order valence-electron chi connectivity index (χ0n) is 12.1. The lowest BCUT2D eigenvalue weighted by Gasteiger charge is -2.03. The number of carbonyl (C=O) groups excluding carboxylic acids is 1. The number of carbonyl (C=O) groups is 2. The van der Waals surface area contributed by atoms with E-state index in [1.165, 1.54) is 43.5 Å². The van der Waals surface area contributed by atoms with E-state index in [0.717, 1.165) is 12.8 Å². The lowest BCUT2D eigenvalue weighted by molar-refractivity contribution is -0.137. The number of nitrogens with two attached hydrogens (primary N) is 1. The zero-order chi connectivity index (χ0) is 15.2. The standard InChI is InChI=1S/C14H26N2O3S/c1-2-3-4-5-6-7-9-16-13(17)8-10-20-11-12(15)14(18)19/h8,10,12H,2-7,9,11,15H2,1H3,(H,16,17)(H,18,19)/b10-8-. The molecule has 6 heteroatoms. The monoisotopic (exact) mass is 302 g/mol. The highest BCUT2D eigenvalue weighted by Gasteiger charge is 2.09. The molecule has 116 valence electrons. The molecule has 4 N–H and O–H groups in total. The Balaban J connectivity index is 3.46. The van der Waals surface area contributed by atoms with Gasteiger partial charge in [-0.15, -0.1) is 11.8 Å². The van der Waals surface area contributed by atoms with Crippen LogP contribution < -0.4 is 11.1 Å². The fourth-order valence-corrected chi connectivity index (χ4v) is 2.20. The van der Waals surface area contributed by atoms with Gasteiger partial charge in [0.1, 0.15) is 6.04 Å². The van der Waals surface area contributed by atoms with Gasteiger partial charge >= 0.3 is 5.97 Å². The molecule has 0 rings (SSSR count). The number of aliphatic carboxylic acids is 1. The fourth-order valence-electron chi connectivity index (χ4n) is 1.52. The van der Waals surface area contributed by atoms with Crippen molar-refractivity contribution in [3.63, 3.8) is 0 Å². The van der Waals surface area contributed by atoms with E-state index >= 15 is 0 Å². The van der Waals surface area contributed by atoms with E-state index in [1.807, 2.05) is 0 Å². The summed E-state index contributed by atoms with van der Waals surface area (Å²) < 4.78 is 0. The Hall–Kier alpha value is -1.01. The van der Waals surface area contributed by atoms with E-state index in [4.69, 9.17) is 10.8 Å². The third-order valence-electron chi connectivity index (χ3n) is 2.74. The Kier molecular flexibility index (Phi) is 12.3. The first kappa shape index (κ1) is 19.0. The Morgan fingerprint density at radius 1 is 1.25 bits per heavy atom. The van der Waals surface area contributed by atoms with Gasteiger partial charge in [0, 0.05) is 18.4 Å². The molecule has 0 aliphatic heterocycles. The molecular weight excluding hydrogens is 276 g/mol. The van der Waals surface area contributed by atoms with Crippen LogP contribution in [-0.2, 0) is 9.59 Å². The van der Waals surface area contributed by atoms with Crippen molar-refractivity contribution in [2.75, 3.05) is 12.3 Å². The Labute approximate surface area is 125 Å². The highest BCUT2D eigenvalue weighted by Crippen LogP contribution is 2.05. The molecule has 0 aromatic carbocycles. The van der Waals surface area contributed by atoms with Crippen LogP contribution in [0.1, 0.15) is 45.4 Å². The first-order valence-corrected chi connectivity index (χ1v) is 8.17. The average Bonchev–Trinajstić information content (AvgIpc) is 2.42. The van der Waals surface area contributed by atoms with Crippen LogP contribution in [0.3, 0.4) is 0 Å². The molecule has 0 aromatic heterocycles. The number of nitrogens with one attached hydrogen (secondary N) is 1. The summed E-state index contributed by atoms with van der Waals surface area (Å²) in [5, 5.41) is 12.9. The molecule has 0 fully saturated rings. The molecule has 0 saturated heterocycles. The van der Waals surface area contributed by atoms with Gasteiger partial charge in [0.05, 0.1) is 0 Å². The maximum Gasteiger partial charge on any atom is 0.321 e. The van der Waals surface area contributed by atoms with Gasteiger partial charge in [-0.3, -0.25) is 9.59 Å². The largest absolute Gasteiger partial charge is 0.480 e. The predicted molar refractivity (Wildman–Crippen MR) is 83.6 cm³/mol. The van der Waals surface area contributed by atoms with Crippen LogP contribution >= 0.6 is 11.8 Å². The van der Waals surface area contributed by atoms with Crippen LogP contribution in [0, 0.1) is 0 Å². The summed E-state index contributed by atoms with van der Waals surface area (Å²) >= 11 is 1.22. The molecule has 1 atom stereocenters. The maximum atomic E-state index is 11.4. The zero-order valence-corrected chi connectivity index (χ0v) is 13.0.